The van der Waals surface area contributed by atoms with Crippen LogP contribution in [0.15, 0.2) is 18.2 Å². The van der Waals surface area contributed by atoms with Gasteiger partial charge in [-0.1, -0.05) is 0 Å². The summed E-state index contributed by atoms with van der Waals surface area (Å²) < 4.78 is 54.7. The zero-order chi connectivity index (χ0) is 12.2. The van der Waals surface area contributed by atoms with E-state index in [1.807, 2.05) is 0 Å². The van der Waals surface area contributed by atoms with Gasteiger partial charge in [0.05, 0.1) is 5.56 Å². The average molecular weight is 237 g/mol. The minimum absolute atomic E-state index is 0.178. The molecule has 0 saturated heterocycles. The molecule has 0 aliphatic heterocycles. The Morgan fingerprint density at radius 2 is 2.00 bits per heavy atom. The predicted octanol–water partition coefficient (Wildman–Crippen LogP) is 2.44. The molecule has 1 rings (SSSR count). The smallest absolute Gasteiger partial charge is 0.416 e. The molecule has 0 unspecified atom stereocenters. The topological polar surface area (TPSA) is 21.3 Å². The number of ether oxygens (including phenoxy) is 1. The number of hydrogen-bond acceptors (Lipinski definition) is 2. The molecule has 1 N–H and O–H groups in total. The number of likely N-dealkylation sites (N-methyl/N-ethyl adjacent to an activating group) is 1. The number of rotatable bonds is 4. The van der Waals surface area contributed by atoms with Crippen LogP contribution < -0.4 is 10.1 Å². The van der Waals surface area contributed by atoms with Gasteiger partial charge in [0.2, 0.25) is 0 Å². The van der Waals surface area contributed by atoms with Crippen LogP contribution in [0.1, 0.15) is 5.56 Å². The van der Waals surface area contributed by atoms with Crippen molar-refractivity contribution >= 4 is 0 Å². The molecule has 0 aliphatic rings. The van der Waals surface area contributed by atoms with Gasteiger partial charge in [-0.15, -0.1) is 0 Å². The van der Waals surface area contributed by atoms with E-state index in [4.69, 9.17) is 4.74 Å². The highest BCUT2D eigenvalue weighted by Gasteiger charge is 2.31. The van der Waals surface area contributed by atoms with E-state index in [-0.39, 0.29) is 12.4 Å². The Bertz CT molecular complexity index is 351. The zero-order valence-corrected chi connectivity index (χ0v) is 8.57. The number of nitrogens with one attached hydrogen (secondary N) is 1. The molecule has 0 radical (unpaired) electrons. The lowest BCUT2D eigenvalue weighted by atomic mass is 10.2. The summed E-state index contributed by atoms with van der Waals surface area (Å²) in [5, 5.41) is 2.77. The van der Waals surface area contributed by atoms with Gasteiger partial charge in [-0.05, 0) is 25.2 Å². The molecule has 90 valence electrons. The van der Waals surface area contributed by atoms with E-state index in [1.165, 1.54) is 0 Å². The Kier molecular flexibility index (Phi) is 4.12. The lowest BCUT2D eigenvalue weighted by Crippen LogP contribution is -2.16. The van der Waals surface area contributed by atoms with E-state index in [9.17, 15) is 17.6 Å². The summed E-state index contributed by atoms with van der Waals surface area (Å²) in [6.45, 7) is 0.680. The summed E-state index contributed by atoms with van der Waals surface area (Å²) in [6, 6.07) is 2.19. The zero-order valence-electron chi connectivity index (χ0n) is 8.57. The Labute approximate surface area is 90.2 Å². The highest BCUT2D eigenvalue weighted by Crippen LogP contribution is 2.31. The van der Waals surface area contributed by atoms with Crippen LogP contribution in [0.2, 0.25) is 0 Å². The first kappa shape index (κ1) is 12.8. The molecule has 2 nitrogen and oxygen atoms in total. The fourth-order valence-electron chi connectivity index (χ4n) is 1.06. The van der Waals surface area contributed by atoms with Gasteiger partial charge in [-0.3, -0.25) is 0 Å². The first-order chi connectivity index (χ1) is 7.45. The summed E-state index contributed by atoms with van der Waals surface area (Å²) in [5.41, 5.74) is -1.02. The first-order valence-electron chi connectivity index (χ1n) is 4.59. The van der Waals surface area contributed by atoms with Crippen molar-refractivity contribution in [2.75, 3.05) is 20.2 Å². The van der Waals surface area contributed by atoms with Gasteiger partial charge in [0.1, 0.15) is 6.61 Å². The second-order valence-corrected chi connectivity index (χ2v) is 3.09. The summed E-state index contributed by atoms with van der Waals surface area (Å²) in [4.78, 5) is 0. The van der Waals surface area contributed by atoms with E-state index < -0.39 is 17.6 Å². The summed E-state index contributed by atoms with van der Waals surface area (Å²) in [6.07, 6.45) is -4.54. The first-order valence-corrected chi connectivity index (χ1v) is 4.59. The van der Waals surface area contributed by atoms with Crippen LogP contribution in [0.3, 0.4) is 0 Å². The molecule has 0 saturated carbocycles. The highest BCUT2D eigenvalue weighted by atomic mass is 19.4. The van der Waals surface area contributed by atoms with Gasteiger partial charge in [0, 0.05) is 6.54 Å². The number of halogens is 4. The second kappa shape index (κ2) is 5.16. The lowest BCUT2D eigenvalue weighted by molar-refractivity contribution is -0.137. The van der Waals surface area contributed by atoms with E-state index in [2.05, 4.69) is 5.32 Å². The van der Waals surface area contributed by atoms with Crippen molar-refractivity contribution in [2.45, 2.75) is 6.18 Å². The third-order valence-corrected chi connectivity index (χ3v) is 1.87. The molecule has 0 amide bonds. The van der Waals surface area contributed by atoms with Crippen molar-refractivity contribution in [2.24, 2.45) is 0 Å². The molecule has 0 aliphatic carbocycles. The van der Waals surface area contributed by atoms with Crippen LogP contribution in [0.25, 0.3) is 0 Å². The van der Waals surface area contributed by atoms with Crippen molar-refractivity contribution in [3.63, 3.8) is 0 Å². The maximum Gasteiger partial charge on any atom is 0.416 e. The van der Waals surface area contributed by atoms with Crippen molar-refractivity contribution in [3.8, 4) is 5.75 Å². The van der Waals surface area contributed by atoms with E-state index >= 15 is 0 Å². The van der Waals surface area contributed by atoms with Gasteiger partial charge in [0.15, 0.2) is 11.6 Å². The highest BCUT2D eigenvalue weighted by molar-refractivity contribution is 5.30. The van der Waals surface area contributed by atoms with Gasteiger partial charge in [0.25, 0.3) is 0 Å². The minimum atomic E-state index is -4.54. The Morgan fingerprint density at radius 3 is 2.50 bits per heavy atom. The van der Waals surface area contributed by atoms with Crippen molar-refractivity contribution < 1.29 is 22.3 Å². The van der Waals surface area contributed by atoms with Crippen LogP contribution in [0, 0.1) is 5.82 Å². The van der Waals surface area contributed by atoms with Crippen molar-refractivity contribution in [1.29, 1.82) is 0 Å². The monoisotopic (exact) mass is 237 g/mol. The van der Waals surface area contributed by atoms with Gasteiger partial charge >= 0.3 is 6.18 Å². The molecular weight excluding hydrogens is 226 g/mol. The number of benzene rings is 1. The Hall–Kier alpha value is -1.30. The van der Waals surface area contributed by atoms with Crippen molar-refractivity contribution in [3.05, 3.63) is 29.6 Å². The molecule has 0 atom stereocenters. The molecule has 1 aromatic carbocycles. The molecule has 0 spiro atoms. The third-order valence-electron chi connectivity index (χ3n) is 1.87. The second-order valence-electron chi connectivity index (χ2n) is 3.09. The maximum absolute atomic E-state index is 13.2. The molecular formula is C10H11F4NO. The minimum Gasteiger partial charge on any atom is -0.489 e. The van der Waals surface area contributed by atoms with Crippen molar-refractivity contribution in [1.82, 2.24) is 5.32 Å². The van der Waals surface area contributed by atoms with Gasteiger partial charge in [-0.2, -0.15) is 13.2 Å². The number of hydrogen-bond donors (Lipinski definition) is 1. The van der Waals surface area contributed by atoms with Crippen LogP contribution in [-0.4, -0.2) is 20.2 Å². The fourth-order valence-corrected chi connectivity index (χ4v) is 1.06. The van der Waals surface area contributed by atoms with E-state index in [0.29, 0.717) is 12.6 Å². The molecule has 0 bridgehead atoms. The molecule has 16 heavy (non-hydrogen) atoms. The maximum atomic E-state index is 13.2. The van der Waals surface area contributed by atoms with Crippen LogP contribution in [0.5, 0.6) is 5.75 Å². The Morgan fingerprint density at radius 1 is 1.31 bits per heavy atom. The molecule has 0 aromatic heterocycles. The molecule has 0 heterocycles. The standard InChI is InChI=1S/C10H11F4NO/c1-15-4-5-16-9-3-2-7(6-8(9)11)10(12,13)14/h2-3,6,15H,4-5H2,1H3. The quantitative estimate of drug-likeness (QED) is 0.641. The fraction of sp³-hybridized carbons (Fsp3) is 0.400. The molecule has 0 fully saturated rings. The van der Waals surface area contributed by atoms with Crippen LogP contribution in [0.4, 0.5) is 17.6 Å². The van der Waals surface area contributed by atoms with Crippen LogP contribution >= 0.6 is 0 Å². The van der Waals surface area contributed by atoms with Gasteiger partial charge in [-0.25, -0.2) is 4.39 Å². The molecule has 1 aromatic rings. The largest absolute Gasteiger partial charge is 0.489 e. The van der Waals surface area contributed by atoms with E-state index in [1.54, 1.807) is 7.05 Å². The lowest BCUT2D eigenvalue weighted by Gasteiger charge is -2.10. The summed E-state index contributed by atoms with van der Waals surface area (Å²) in [5.74, 6) is -1.19. The summed E-state index contributed by atoms with van der Waals surface area (Å²) >= 11 is 0. The molecule has 6 heteroatoms. The van der Waals surface area contributed by atoms with Crippen LogP contribution in [-0.2, 0) is 6.18 Å². The normalized spacial score (nSPS) is 11.6. The Balaban J connectivity index is 2.76. The summed E-state index contributed by atoms with van der Waals surface area (Å²) in [7, 11) is 1.69. The predicted molar refractivity (Wildman–Crippen MR) is 50.8 cm³/mol. The van der Waals surface area contributed by atoms with E-state index in [0.717, 1.165) is 12.1 Å². The number of alkyl halides is 3. The average Bonchev–Trinajstić information content (AvgIpc) is 2.19. The van der Waals surface area contributed by atoms with Gasteiger partial charge < -0.3 is 10.1 Å². The SMILES string of the molecule is CNCCOc1ccc(C(F)(F)F)cc1F. The third kappa shape index (κ3) is 3.37.